The van der Waals surface area contributed by atoms with Gasteiger partial charge in [0, 0.05) is 5.56 Å². The number of hydrogen-bond donors (Lipinski definition) is 2. The summed E-state index contributed by atoms with van der Waals surface area (Å²) in [4.78, 5) is 34.8. The lowest BCUT2D eigenvalue weighted by molar-refractivity contribution is -0.303. The van der Waals surface area contributed by atoms with Crippen molar-refractivity contribution >= 4 is 23.9 Å². The van der Waals surface area contributed by atoms with E-state index in [0.29, 0.717) is 11.1 Å². The normalized spacial score (nSPS) is 10.8. The van der Waals surface area contributed by atoms with Crippen molar-refractivity contribution in [3.05, 3.63) is 77.2 Å². The van der Waals surface area contributed by atoms with Gasteiger partial charge in [-0.2, -0.15) is 0 Å². The van der Waals surface area contributed by atoms with E-state index in [2.05, 4.69) is 10.6 Å². The summed E-state index contributed by atoms with van der Waals surface area (Å²) in [6.07, 6.45) is 1.31. The highest BCUT2D eigenvalue weighted by molar-refractivity contribution is 6.05. The van der Waals surface area contributed by atoms with Gasteiger partial charge in [0.05, 0.1) is 12.5 Å². The van der Waals surface area contributed by atoms with Crippen LogP contribution in [-0.2, 0) is 9.59 Å². The average Bonchev–Trinajstić information content (AvgIpc) is 2.61. The third-order valence-electron chi connectivity index (χ3n) is 3.10. The zero-order chi connectivity index (χ0) is 18.2. The van der Waals surface area contributed by atoms with E-state index in [1.165, 1.54) is 30.3 Å². The number of halogens is 1. The maximum Gasteiger partial charge on any atom is 0.268 e. The second-order valence-corrected chi connectivity index (χ2v) is 4.98. The molecule has 7 heteroatoms. The quantitative estimate of drug-likeness (QED) is 0.746. The van der Waals surface area contributed by atoms with E-state index in [9.17, 15) is 23.9 Å². The summed E-state index contributed by atoms with van der Waals surface area (Å²) in [7, 11) is 0. The minimum atomic E-state index is -1.47. The molecule has 0 radical (unpaired) electrons. The molecule has 0 heterocycles. The molecule has 0 fully saturated rings. The zero-order valence-electron chi connectivity index (χ0n) is 13.0. The van der Waals surface area contributed by atoms with Crippen molar-refractivity contribution in [2.45, 2.75) is 0 Å². The number of carboxylic acids is 1. The minimum absolute atomic E-state index is 0.179. The second-order valence-electron chi connectivity index (χ2n) is 4.98. The Morgan fingerprint density at radius 2 is 1.64 bits per heavy atom. The highest BCUT2D eigenvalue weighted by Gasteiger charge is 2.14. The largest absolute Gasteiger partial charge is 0.548 e. The summed E-state index contributed by atoms with van der Waals surface area (Å²) < 4.78 is 13.0. The Morgan fingerprint density at radius 3 is 2.24 bits per heavy atom. The highest BCUT2D eigenvalue weighted by Crippen LogP contribution is 2.08. The Morgan fingerprint density at radius 1 is 1.00 bits per heavy atom. The Balaban J connectivity index is 2.24. The Kier molecular flexibility index (Phi) is 6.00. The molecule has 0 atom stereocenters. The SMILES string of the molecule is O=C([O-])CNC(=O)/C(=C/c1ccc(F)cc1)NC(=O)c1ccccc1. The Bertz CT molecular complexity index is 802. The van der Waals surface area contributed by atoms with Gasteiger partial charge in [-0.1, -0.05) is 30.3 Å². The van der Waals surface area contributed by atoms with Crippen molar-refractivity contribution in [2.75, 3.05) is 6.54 Å². The van der Waals surface area contributed by atoms with Gasteiger partial charge in [0.25, 0.3) is 11.8 Å². The molecule has 0 unspecified atom stereocenters. The van der Waals surface area contributed by atoms with Crippen LogP contribution >= 0.6 is 0 Å². The maximum absolute atomic E-state index is 13.0. The van der Waals surface area contributed by atoms with Crippen LogP contribution < -0.4 is 15.7 Å². The maximum atomic E-state index is 13.0. The van der Waals surface area contributed by atoms with Crippen molar-refractivity contribution in [1.29, 1.82) is 0 Å². The molecular formula is C18H14FN2O4-. The lowest BCUT2D eigenvalue weighted by atomic mass is 10.1. The van der Waals surface area contributed by atoms with Crippen LogP contribution in [0, 0.1) is 5.82 Å². The van der Waals surface area contributed by atoms with Gasteiger partial charge in [0.2, 0.25) is 0 Å². The monoisotopic (exact) mass is 341 g/mol. The molecule has 0 spiro atoms. The van der Waals surface area contributed by atoms with Gasteiger partial charge in [-0.3, -0.25) is 9.59 Å². The van der Waals surface area contributed by atoms with Gasteiger partial charge in [-0.15, -0.1) is 0 Å². The van der Waals surface area contributed by atoms with Gasteiger partial charge < -0.3 is 20.5 Å². The number of nitrogens with one attached hydrogen (secondary N) is 2. The highest BCUT2D eigenvalue weighted by atomic mass is 19.1. The van der Waals surface area contributed by atoms with Gasteiger partial charge in [0.1, 0.15) is 11.5 Å². The molecule has 128 valence electrons. The lowest BCUT2D eigenvalue weighted by Crippen LogP contribution is -2.41. The first-order valence-electron chi connectivity index (χ1n) is 7.27. The number of carboxylic acid groups (broad SMARTS) is 1. The summed E-state index contributed by atoms with van der Waals surface area (Å²) >= 11 is 0. The van der Waals surface area contributed by atoms with Crippen LogP contribution in [0.15, 0.2) is 60.3 Å². The number of amides is 2. The van der Waals surface area contributed by atoms with Gasteiger partial charge in [-0.05, 0) is 35.9 Å². The third kappa shape index (κ3) is 5.58. The van der Waals surface area contributed by atoms with Crippen LogP contribution in [-0.4, -0.2) is 24.3 Å². The number of hydrogen-bond acceptors (Lipinski definition) is 4. The molecule has 0 aliphatic rings. The fourth-order valence-corrected chi connectivity index (χ4v) is 1.92. The van der Waals surface area contributed by atoms with Crippen LogP contribution in [0.5, 0.6) is 0 Å². The molecule has 2 aromatic carbocycles. The first-order valence-corrected chi connectivity index (χ1v) is 7.27. The molecule has 25 heavy (non-hydrogen) atoms. The number of benzene rings is 2. The van der Waals surface area contributed by atoms with Gasteiger partial charge in [0.15, 0.2) is 0 Å². The molecular weight excluding hydrogens is 327 g/mol. The van der Waals surface area contributed by atoms with E-state index in [4.69, 9.17) is 0 Å². The first kappa shape index (κ1) is 17.9. The predicted octanol–water partition coefficient (Wildman–Crippen LogP) is 0.463. The topological polar surface area (TPSA) is 98.3 Å². The lowest BCUT2D eigenvalue weighted by Gasteiger charge is -2.11. The van der Waals surface area contributed by atoms with Crippen LogP contribution in [0.25, 0.3) is 6.08 Å². The molecule has 0 bridgehead atoms. The van der Waals surface area contributed by atoms with E-state index < -0.39 is 30.1 Å². The Labute approximate surface area is 143 Å². The smallest absolute Gasteiger partial charge is 0.268 e. The molecule has 0 aromatic heterocycles. The minimum Gasteiger partial charge on any atom is -0.548 e. The molecule has 2 amide bonds. The van der Waals surface area contributed by atoms with E-state index in [0.717, 1.165) is 0 Å². The van der Waals surface area contributed by atoms with Crippen LogP contribution in [0.2, 0.25) is 0 Å². The number of aliphatic carboxylic acids is 1. The molecule has 6 nitrogen and oxygen atoms in total. The third-order valence-corrected chi connectivity index (χ3v) is 3.10. The van der Waals surface area contributed by atoms with Crippen LogP contribution in [0.3, 0.4) is 0 Å². The van der Waals surface area contributed by atoms with Gasteiger partial charge in [-0.25, -0.2) is 4.39 Å². The van der Waals surface area contributed by atoms with Crippen molar-refractivity contribution in [3.8, 4) is 0 Å². The van der Waals surface area contributed by atoms with Crippen molar-refractivity contribution in [3.63, 3.8) is 0 Å². The standard InChI is InChI=1S/C18H15FN2O4/c19-14-8-6-12(7-9-14)10-15(18(25)20-11-16(22)23)21-17(24)13-4-2-1-3-5-13/h1-10H,11H2,(H,20,25)(H,21,24)(H,22,23)/p-1/b15-10-. The average molecular weight is 341 g/mol. The van der Waals surface area contributed by atoms with E-state index in [1.54, 1.807) is 30.3 Å². The second kappa shape index (κ2) is 8.39. The molecule has 0 saturated carbocycles. The summed E-state index contributed by atoms with van der Waals surface area (Å²) in [6.45, 7) is -0.708. The van der Waals surface area contributed by atoms with E-state index in [1.807, 2.05) is 0 Å². The molecule has 2 N–H and O–H groups in total. The fourth-order valence-electron chi connectivity index (χ4n) is 1.92. The number of carbonyl (C=O) groups is 3. The van der Waals surface area contributed by atoms with Crippen molar-refractivity contribution < 1.29 is 23.9 Å². The molecule has 0 aliphatic carbocycles. The van der Waals surface area contributed by atoms with Crippen molar-refractivity contribution in [2.24, 2.45) is 0 Å². The van der Waals surface area contributed by atoms with Crippen molar-refractivity contribution in [1.82, 2.24) is 10.6 Å². The fraction of sp³-hybridized carbons (Fsp3) is 0.0556. The molecule has 0 saturated heterocycles. The van der Waals surface area contributed by atoms with Crippen LogP contribution in [0.1, 0.15) is 15.9 Å². The van der Waals surface area contributed by atoms with E-state index >= 15 is 0 Å². The number of carbonyl (C=O) groups excluding carboxylic acids is 3. The first-order chi connectivity index (χ1) is 12.0. The summed E-state index contributed by atoms with van der Waals surface area (Å²) in [5, 5.41) is 15.0. The number of rotatable bonds is 6. The van der Waals surface area contributed by atoms with Crippen LogP contribution in [0.4, 0.5) is 4.39 Å². The van der Waals surface area contributed by atoms with E-state index in [-0.39, 0.29) is 5.70 Å². The van der Waals surface area contributed by atoms with Gasteiger partial charge >= 0.3 is 0 Å². The zero-order valence-corrected chi connectivity index (χ0v) is 13.0. The molecule has 0 aliphatic heterocycles. The molecule has 2 aromatic rings. The summed E-state index contributed by atoms with van der Waals surface area (Å²) in [6, 6.07) is 13.4. The predicted molar refractivity (Wildman–Crippen MR) is 86.3 cm³/mol. The Hall–Kier alpha value is -3.48. The summed E-state index contributed by atoms with van der Waals surface area (Å²) in [5.74, 6) is -3.27. The summed E-state index contributed by atoms with van der Waals surface area (Å²) in [5.41, 5.74) is 0.593. The molecule has 2 rings (SSSR count).